The third kappa shape index (κ3) is 1.09. The summed E-state index contributed by atoms with van der Waals surface area (Å²) in [6, 6.07) is 8.19. The Labute approximate surface area is 70.5 Å². The number of hydrogen-bond acceptors (Lipinski definition) is 2. The van der Waals surface area contributed by atoms with Gasteiger partial charge in [0.1, 0.15) is 0 Å². The first-order valence-corrected chi connectivity index (χ1v) is 3.90. The number of aromatic nitrogens is 1. The Balaban J connectivity index is 2.57. The number of aromatic amines is 1. The molecule has 1 heterocycles. The van der Waals surface area contributed by atoms with Gasteiger partial charge in [0.25, 0.3) is 0 Å². The molecule has 12 heavy (non-hydrogen) atoms. The average Bonchev–Trinajstić information content (AvgIpc) is 2.53. The molecule has 0 saturated carbocycles. The minimum Gasteiger partial charge on any atom is -0.361 e. The molecule has 0 amide bonds. The van der Waals surface area contributed by atoms with Gasteiger partial charge >= 0.3 is 0 Å². The second-order valence-electron chi connectivity index (χ2n) is 2.74. The van der Waals surface area contributed by atoms with Crippen LogP contribution in [-0.4, -0.2) is 4.98 Å². The molecule has 0 aliphatic heterocycles. The molecule has 3 heteroatoms. The summed E-state index contributed by atoms with van der Waals surface area (Å²) in [5, 5.41) is 1.23. The first kappa shape index (κ1) is 7.34. The van der Waals surface area contributed by atoms with Crippen molar-refractivity contribution >= 4 is 10.9 Å². The molecule has 4 N–H and O–H groups in total. The smallest absolute Gasteiger partial charge is 0.0457 e. The average molecular weight is 161 g/mol. The predicted octanol–water partition coefficient (Wildman–Crippen LogP) is 1.13. The summed E-state index contributed by atoms with van der Waals surface area (Å²) >= 11 is 0. The van der Waals surface area contributed by atoms with E-state index in [1.807, 2.05) is 12.3 Å². The van der Waals surface area contributed by atoms with E-state index in [9.17, 15) is 0 Å². The van der Waals surface area contributed by atoms with E-state index >= 15 is 0 Å². The molecule has 0 radical (unpaired) electrons. The molecule has 0 unspecified atom stereocenters. The van der Waals surface area contributed by atoms with Gasteiger partial charge in [0.2, 0.25) is 0 Å². The highest BCUT2D eigenvalue weighted by Crippen LogP contribution is 2.16. The largest absolute Gasteiger partial charge is 0.361 e. The first-order chi connectivity index (χ1) is 5.92. The summed E-state index contributed by atoms with van der Waals surface area (Å²) in [6.07, 6.45) is 1.94. The second-order valence-corrected chi connectivity index (χ2v) is 2.74. The van der Waals surface area contributed by atoms with Crippen LogP contribution in [-0.2, 0) is 6.54 Å². The van der Waals surface area contributed by atoms with Gasteiger partial charge in [-0.05, 0) is 17.7 Å². The number of benzene rings is 1. The Hall–Kier alpha value is -1.32. The Morgan fingerprint density at radius 3 is 3.08 bits per heavy atom. The van der Waals surface area contributed by atoms with E-state index in [-0.39, 0.29) is 0 Å². The number of nitrogens with one attached hydrogen (secondary N) is 2. The normalized spacial score (nSPS) is 10.8. The van der Waals surface area contributed by atoms with E-state index in [4.69, 9.17) is 5.84 Å². The Kier molecular flexibility index (Phi) is 1.81. The SMILES string of the molecule is NNCc1cccc2[nH]ccc12. The minimum atomic E-state index is 0.704. The van der Waals surface area contributed by atoms with Gasteiger partial charge in [-0.15, -0.1) is 0 Å². The highest BCUT2D eigenvalue weighted by molar-refractivity contribution is 5.82. The zero-order valence-corrected chi connectivity index (χ0v) is 6.67. The number of rotatable bonds is 2. The lowest BCUT2D eigenvalue weighted by Gasteiger charge is -2.00. The number of fused-ring (bicyclic) bond motifs is 1. The molecule has 1 aromatic heterocycles. The fourth-order valence-corrected chi connectivity index (χ4v) is 1.41. The molecule has 3 nitrogen and oxygen atoms in total. The van der Waals surface area contributed by atoms with Gasteiger partial charge in [-0.25, -0.2) is 0 Å². The molecule has 0 fully saturated rings. The minimum absolute atomic E-state index is 0.704. The maximum absolute atomic E-state index is 5.26. The van der Waals surface area contributed by atoms with Gasteiger partial charge in [0.05, 0.1) is 0 Å². The van der Waals surface area contributed by atoms with Gasteiger partial charge in [-0.3, -0.25) is 11.3 Å². The summed E-state index contributed by atoms with van der Waals surface area (Å²) in [4.78, 5) is 3.15. The second kappa shape index (κ2) is 2.97. The summed E-state index contributed by atoms with van der Waals surface area (Å²) in [5.41, 5.74) is 5.03. The zero-order chi connectivity index (χ0) is 8.39. The summed E-state index contributed by atoms with van der Waals surface area (Å²) < 4.78 is 0. The molecule has 2 aromatic rings. The monoisotopic (exact) mass is 161 g/mol. The van der Waals surface area contributed by atoms with Crippen LogP contribution in [0.25, 0.3) is 10.9 Å². The van der Waals surface area contributed by atoms with E-state index in [1.54, 1.807) is 0 Å². The number of nitrogens with two attached hydrogens (primary N) is 1. The maximum Gasteiger partial charge on any atom is 0.0457 e. The van der Waals surface area contributed by atoms with Crippen LogP contribution in [0.1, 0.15) is 5.56 Å². The Bertz CT molecular complexity index is 378. The summed E-state index contributed by atoms with van der Waals surface area (Å²) in [7, 11) is 0. The van der Waals surface area contributed by atoms with E-state index in [0.29, 0.717) is 6.54 Å². The third-order valence-electron chi connectivity index (χ3n) is 1.98. The lowest BCUT2D eigenvalue weighted by atomic mass is 10.1. The summed E-state index contributed by atoms with van der Waals surface area (Å²) in [6.45, 7) is 0.704. The first-order valence-electron chi connectivity index (χ1n) is 3.90. The van der Waals surface area contributed by atoms with Crippen LogP contribution in [0.4, 0.5) is 0 Å². The van der Waals surface area contributed by atoms with Crippen molar-refractivity contribution in [1.82, 2.24) is 10.4 Å². The summed E-state index contributed by atoms with van der Waals surface area (Å²) in [5.74, 6) is 5.26. The lowest BCUT2D eigenvalue weighted by Crippen LogP contribution is -2.20. The third-order valence-corrected chi connectivity index (χ3v) is 1.98. The van der Waals surface area contributed by atoms with Crippen LogP contribution in [0.5, 0.6) is 0 Å². The maximum atomic E-state index is 5.26. The highest BCUT2D eigenvalue weighted by atomic mass is 15.2. The van der Waals surface area contributed by atoms with Crippen molar-refractivity contribution in [3.05, 3.63) is 36.0 Å². The standard InChI is InChI=1S/C9H11N3/c10-12-6-7-2-1-3-9-8(7)4-5-11-9/h1-5,11-12H,6,10H2. The van der Waals surface area contributed by atoms with Crippen LogP contribution in [0.2, 0.25) is 0 Å². The van der Waals surface area contributed by atoms with Gasteiger partial charge in [-0.2, -0.15) is 0 Å². The molecule has 0 bridgehead atoms. The van der Waals surface area contributed by atoms with Crippen LogP contribution in [0, 0.1) is 0 Å². The van der Waals surface area contributed by atoms with Crippen molar-refractivity contribution < 1.29 is 0 Å². The number of hydrazine groups is 1. The fraction of sp³-hybridized carbons (Fsp3) is 0.111. The van der Waals surface area contributed by atoms with E-state index in [1.165, 1.54) is 10.9 Å². The van der Waals surface area contributed by atoms with Crippen molar-refractivity contribution in [1.29, 1.82) is 0 Å². The van der Waals surface area contributed by atoms with Gasteiger partial charge in [-0.1, -0.05) is 12.1 Å². The molecule has 1 aromatic carbocycles. The Morgan fingerprint density at radius 2 is 2.25 bits per heavy atom. The molecule has 0 aliphatic rings. The van der Waals surface area contributed by atoms with E-state index in [0.717, 1.165) is 5.52 Å². The molecule has 2 rings (SSSR count). The molecule has 0 atom stereocenters. The van der Waals surface area contributed by atoms with Gasteiger partial charge < -0.3 is 4.98 Å². The van der Waals surface area contributed by atoms with Gasteiger partial charge in [0.15, 0.2) is 0 Å². The Morgan fingerprint density at radius 1 is 1.33 bits per heavy atom. The lowest BCUT2D eigenvalue weighted by molar-refractivity contribution is 0.745. The van der Waals surface area contributed by atoms with Crippen molar-refractivity contribution in [2.75, 3.05) is 0 Å². The number of H-pyrrole nitrogens is 1. The van der Waals surface area contributed by atoms with E-state index < -0.39 is 0 Å². The molecular formula is C9H11N3. The molecule has 62 valence electrons. The molecular weight excluding hydrogens is 150 g/mol. The molecule has 0 aliphatic carbocycles. The van der Waals surface area contributed by atoms with Crippen molar-refractivity contribution in [3.63, 3.8) is 0 Å². The van der Waals surface area contributed by atoms with Gasteiger partial charge in [0, 0.05) is 23.6 Å². The van der Waals surface area contributed by atoms with Crippen LogP contribution in [0.3, 0.4) is 0 Å². The van der Waals surface area contributed by atoms with Crippen molar-refractivity contribution in [3.8, 4) is 0 Å². The predicted molar refractivity (Wildman–Crippen MR) is 49.3 cm³/mol. The quantitative estimate of drug-likeness (QED) is 0.457. The van der Waals surface area contributed by atoms with Crippen molar-refractivity contribution in [2.24, 2.45) is 5.84 Å². The van der Waals surface area contributed by atoms with Crippen LogP contribution >= 0.6 is 0 Å². The molecule has 0 spiro atoms. The van der Waals surface area contributed by atoms with Crippen LogP contribution in [0.15, 0.2) is 30.5 Å². The molecule has 0 saturated heterocycles. The topological polar surface area (TPSA) is 53.8 Å². The number of hydrogen-bond donors (Lipinski definition) is 3. The van der Waals surface area contributed by atoms with E-state index in [2.05, 4.69) is 28.6 Å². The van der Waals surface area contributed by atoms with Crippen LogP contribution < -0.4 is 11.3 Å². The fourth-order valence-electron chi connectivity index (χ4n) is 1.41. The highest BCUT2D eigenvalue weighted by Gasteiger charge is 1.98. The zero-order valence-electron chi connectivity index (χ0n) is 6.67. The van der Waals surface area contributed by atoms with Crippen molar-refractivity contribution in [2.45, 2.75) is 6.54 Å².